The first kappa shape index (κ1) is 14.0. The Balaban J connectivity index is 2.24. The molecule has 1 amide bonds. The highest BCUT2D eigenvalue weighted by Crippen LogP contribution is 2.26. The van der Waals surface area contributed by atoms with Crippen LogP contribution in [0.3, 0.4) is 0 Å². The monoisotopic (exact) mass is 272 g/mol. The molecule has 2 rings (SSSR count). The summed E-state index contributed by atoms with van der Waals surface area (Å²) in [5.41, 5.74) is 6.98. The molecule has 0 saturated heterocycles. The first-order valence-corrected chi connectivity index (χ1v) is 6.18. The third kappa shape index (κ3) is 3.10. The van der Waals surface area contributed by atoms with Gasteiger partial charge < -0.3 is 15.5 Å². The van der Waals surface area contributed by atoms with Crippen molar-refractivity contribution in [3.05, 3.63) is 42.8 Å². The van der Waals surface area contributed by atoms with Gasteiger partial charge >= 0.3 is 0 Å². The predicted molar refractivity (Wildman–Crippen MR) is 75.9 cm³/mol. The van der Waals surface area contributed by atoms with Crippen molar-refractivity contribution in [1.29, 1.82) is 0 Å². The summed E-state index contributed by atoms with van der Waals surface area (Å²) in [6.45, 7) is 5.27. The predicted octanol–water partition coefficient (Wildman–Crippen LogP) is 1.89. The molecule has 0 aliphatic carbocycles. The van der Waals surface area contributed by atoms with E-state index in [1.807, 2.05) is 6.07 Å². The van der Waals surface area contributed by atoms with E-state index in [1.165, 1.54) is 0 Å². The summed E-state index contributed by atoms with van der Waals surface area (Å²) in [5.74, 6) is 0.536. The topological polar surface area (TPSA) is 94.0 Å². The number of carbonyl (C=O) groups excluding carboxylic acids is 1. The number of nitrogens with zero attached hydrogens (tertiary/aromatic N) is 2. The largest absolute Gasteiger partial charge is 0.421 e. The number of aromatic nitrogens is 2. The molecule has 1 aromatic heterocycles. The van der Waals surface area contributed by atoms with Crippen molar-refractivity contribution in [3.63, 3.8) is 0 Å². The van der Waals surface area contributed by atoms with Gasteiger partial charge in [0.05, 0.1) is 17.3 Å². The van der Waals surface area contributed by atoms with Crippen molar-refractivity contribution in [2.45, 2.75) is 19.4 Å². The lowest BCUT2D eigenvalue weighted by Crippen LogP contribution is -2.35. The zero-order valence-corrected chi connectivity index (χ0v) is 11.2. The Labute approximate surface area is 116 Å². The average molecular weight is 272 g/mol. The second-order valence-corrected chi connectivity index (χ2v) is 4.29. The van der Waals surface area contributed by atoms with Crippen LogP contribution < -0.4 is 11.1 Å². The first-order chi connectivity index (χ1) is 9.61. The minimum Gasteiger partial charge on any atom is -0.421 e. The standard InChI is InChI=1S/C14H16N4O2/c1-3-6-11(15)13(19)16-12-8-5-4-7-10(12)14-18-17-9(2)20-14/h3-5,7-8,11H,1,6,15H2,2H3,(H,16,19). The van der Waals surface area contributed by atoms with Gasteiger partial charge in [-0.05, 0) is 18.6 Å². The Morgan fingerprint density at radius 3 is 2.90 bits per heavy atom. The summed E-state index contributed by atoms with van der Waals surface area (Å²) in [6, 6.07) is 6.55. The van der Waals surface area contributed by atoms with E-state index in [0.717, 1.165) is 0 Å². The normalized spacial score (nSPS) is 11.9. The van der Waals surface area contributed by atoms with Crippen LogP contribution in [0.25, 0.3) is 11.5 Å². The van der Waals surface area contributed by atoms with Gasteiger partial charge in [-0.25, -0.2) is 0 Å². The highest BCUT2D eigenvalue weighted by atomic mass is 16.4. The van der Waals surface area contributed by atoms with E-state index in [9.17, 15) is 4.79 Å². The lowest BCUT2D eigenvalue weighted by atomic mass is 10.1. The molecule has 1 heterocycles. The van der Waals surface area contributed by atoms with Crippen LogP contribution in [-0.4, -0.2) is 22.1 Å². The molecule has 0 aliphatic rings. The van der Waals surface area contributed by atoms with E-state index in [2.05, 4.69) is 22.1 Å². The molecular weight excluding hydrogens is 256 g/mol. The lowest BCUT2D eigenvalue weighted by Gasteiger charge is -2.12. The van der Waals surface area contributed by atoms with Gasteiger partial charge in [0.1, 0.15) is 0 Å². The Morgan fingerprint density at radius 2 is 2.25 bits per heavy atom. The van der Waals surface area contributed by atoms with Crippen LogP contribution in [0.4, 0.5) is 5.69 Å². The number of para-hydroxylation sites is 1. The van der Waals surface area contributed by atoms with E-state index in [-0.39, 0.29) is 5.91 Å². The van der Waals surface area contributed by atoms with Crippen LogP contribution in [-0.2, 0) is 4.79 Å². The molecule has 0 radical (unpaired) electrons. The number of benzene rings is 1. The number of nitrogens with one attached hydrogen (secondary N) is 1. The fraction of sp³-hybridized carbons (Fsp3) is 0.214. The maximum absolute atomic E-state index is 11.9. The van der Waals surface area contributed by atoms with Gasteiger partial charge in [-0.3, -0.25) is 4.79 Å². The first-order valence-electron chi connectivity index (χ1n) is 6.18. The van der Waals surface area contributed by atoms with Crippen molar-refractivity contribution in [2.24, 2.45) is 5.73 Å². The van der Waals surface area contributed by atoms with Gasteiger partial charge in [-0.15, -0.1) is 16.8 Å². The second kappa shape index (κ2) is 6.12. The summed E-state index contributed by atoms with van der Waals surface area (Å²) in [7, 11) is 0. The summed E-state index contributed by atoms with van der Waals surface area (Å²) in [5, 5.41) is 10.5. The zero-order chi connectivity index (χ0) is 14.5. The molecule has 0 spiro atoms. The summed E-state index contributed by atoms with van der Waals surface area (Å²) in [6.07, 6.45) is 2.02. The van der Waals surface area contributed by atoms with Crippen molar-refractivity contribution in [2.75, 3.05) is 5.32 Å². The number of nitrogens with two attached hydrogens (primary N) is 1. The number of hydrogen-bond acceptors (Lipinski definition) is 5. The van der Waals surface area contributed by atoms with Crippen LogP contribution in [0.5, 0.6) is 0 Å². The molecule has 1 aromatic carbocycles. The molecule has 0 saturated carbocycles. The van der Waals surface area contributed by atoms with E-state index in [4.69, 9.17) is 10.2 Å². The Hall–Kier alpha value is -2.47. The van der Waals surface area contributed by atoms with Gasteiger partial charge in [-0.2, -0.15) is 0 Å². The number of anilines is 1. The fourth-order valence-electron chi connectivity index (χ4n) is 1.70. The van der Waals surface area contributed by atoms with Gasteiger partial charge in [-0.1, -0.05) is 18.2 Å². The summed E-state index contributed by atoms with van der Waals surface area (Å²) >= 11 is 0. The maximum atomic E-state index is 11.9. The van der Waals surface area contributed by atoms with Crippen molar-refractivity contribution in [3.8, 4) is 11.5 Å². The molecule has 20 heavy (non-hydrogen) atoms. The molecule has 0 bridgehead atoms. The number of carbonyl (C=O) groups is 1. The van der Waals surface area contributed by atoms with E-state index < -0.39 is 6.04 Å². The zero-order valence-electron chi connectivity index (χ0n) is 11.2. The average Bonchev–Trinajstić information content (AvgIpc) is 2.86. The Bertz CT molecular complexity index is 621. The number of aryl methyl sites for hydroxylation is 1. The van der Waals surface area contributed by atoms with Crippen LogP contribution in [0.15, 0.2) is 41.3 Å². The van der Waals surface area contributed by atoms with E-state index in [1.54, 1.807) is 31.2 Å². The third-order valence-corrected chi connectivity index (χ3v) is 2.70. The molecule has 104 valence electrons. The van der Waals surface area contributed by atoms with Gasteiger partial charge in [0.25, 0.3) is 0 Å². The van der Waals surface area contributed by atoms with Crippen LogP contribution in [0.2, 0.25) is 0 Å². The van der Waals surface area contributed by atoms with Crippen LogP contribution in [0.1, 0.15) is 12.3 Å². The van der Waals surface area contributed by atoms with E-state index in [0.29, 0.717) is 29.5 Å². The highest BCUT2D eigenvalue weighted by molar-refractivity contribution is 5.97. The number of amides is 1. The molecular formula is C14H16N4O2. The molecule has 6 heteroatoms. The van der Waals surface area contributed by atoms with Gasteiger partial charge in [0.15, 0.2) is 0 Å². The van der Waals surface area contributed by atoms with Crippen molar-refractivity contribution < 1.29 is 9.21 Å². The van der Waals surface area contributed by atoms with E-state index >= 15 is 0 Å². The molecule has 1 atom stereocenters. The minimum absolute atomic E-state index is 0.284. The minimum atomic E-state index is -0.634. The third-order valence-electron chi connectivity index (χ3n) is 2.70. The maximum Gasteiger partial charge on any atom is 0.249 e. The van der Waals surface area contributed by atoms with Gasteiger partial charge in [0.2, 0.25) is 17.7 Å². The van der Waals surface area contributed by atoms with Crippen LogP contribution >= 0.6 is 0 Å². The number of rotatable bonds is 5. The Kier molecular flexibility index (Phi) is 4.27. The molecule has 3 N–H and O–H groups in total. The number of hydrogen-bond donors (Lipinski definition) is 2. The fourth-order valence-corrected chi connectivity index (χ4v) is 1.70. The second-order valence-electron chi connectivity index (χ2n) is 4.29. The molecule has 0 aliphatic heterocycles. The van der Waals surface area contributed by atoms with Gasteiger partial charge in [0, 0.05) is 6.92 Å². The summed E-state index contributed by atoms with van der Waals surface area (Å²) < 4.78 is 5.38. The lowest BCUT2D eigenvalue weighted by molar-refractivity contribution is -0.117. The molecule has 0 fully saturated rings. The molecule has 1 unspecified atom stereocenters. The smallest absolute Gasteiger partial charge is 0.249 e. The SMILES string of the molecule is C=CCC(N)C(=O)Nc1ccccc1-c1nnc(C)o1. The Morgan fingerprint density at radius 1 is 1.50 bits per heavy atom. The van der Waals surface area contributed by atoms with Crippen LogP contribution in [0, 0.1) is 6.92 Å². The molecule has 2 aromatic rings. The van der Waals surface area contributed by atoms with Crippen molar-refractivity contribution >= 4 is 11.6 Å². The quantitative estimate of drug-likeness (QED) is 0.810. The summed E-state index contributed by atoms with van der Waals surface area (Å²) in [4.78, 5) is 11.9. The highest BCUT2D eigenvalue weighted by Gasteiger charge is 2.16. The molecule has 6 nitrogen and oxygen atoms in total. The van der Waals surface area contributed by atoms with Crippen molar-refractivity contribution in [1.82, 2.24) is 10.2 Å².